The Morgan fingerprint density at radius 3 is 1.83 bits per heavy atom. The summed E-state index contributed by atoms with van der Waals surface area (Å²) in [7, 11) is 0. The van der Waals surface area contributed by atoms with E-state index in [2.05, 4.69) is 77.7 Å². The molecule has 0 fully saturated rings. The van der Waals surface area contributed by atoms with E-state index in [1.54, 1.807) is 0 Å². The number of ether oxygens (including phenoxy) is 3. The highest BCUT2D eigenvalue weighted by Gasteiger charge is 2.46. The SMILES string of the molecule is c1ccc(N2c3cc4c(nc3B3c5ccccc5Oc5cccc2c53)Oc2cccc3c2B4c2ccccc2O3)cc1. The third kappa shape index (κ3) is 2.87. The number of benzene rings is 5. The first-order valence-electron chi connectivity index (χ1n) is 14.2. The molecule has 194 valence electrons. The van der Waals surface area contributed by atoms with Gasteiger partial charge in [0.15, 0.2) is 0 Å². The molecule has 0 N–H and O–H groups in total. The molecule has 42 heavy (non-hydrogen) atoms. The number of para-hydroxylation sites is 3. The van der Waals surface area contributed by atoms with Crippen LogP contribution in [0.1, 0.15) is 0 Å². The summed E-state index contributed by atoms with van der Waals surface area (Å²) in [6.45, 7) is -0.158. The highest BCUT2D eigenvalue weighted by Crippen LogP contribution is 2.41. The van der Waals surface area contributed by atoms with Crippen LogP contribution in [0.4, 0.5) is 17.1 Å². The van der Waals surface area contributed by atoms with E-state index >= 15 is 0 Å². The zero-order valence-electron chi connectivity index (χ0n) is 22.3. The third-order valence-corrected chi connectivity index (χ3v) is 8.86. The number of fused-ring (bicyclic) bond motifs is 8. The topological polar surface area (TPSA) is 43.8 Å². The zero-order chi connectivity index (χ0) is 27.4. The Bertz CT molecular complexity index is 2120. The lowest BCUT2D eigenvalue weighted by molar-refractivity contribution is 0.454. The maximum atomic E-state index is 6.62. The van der Waals surface area contributed by atoms with Crippen molar-refractivity contribution in [2.24, 2.45) is 0 Å². The number of nitrogens with zero attached hydrogens (tertiary/aromatic N) is 2. The lowest BCUT2D eigenvalue weighted by atomic mass is 9.33. The van der Waals surface area contributed by atoms with Crippen LogP contribution in [-0.4, -0.2) is 18.4 Å². The number of aromatic nitrogens is 1. The van der Waals surface area contributed by atoms with Crippen molar-refractivity contribution in [1.29, 1.82) is 0 Å². The number of rotatable bonds is 1. The van der Waals surface area contributed by atoms with Crippen LogP contribution < -0.4 is 52.0 Å². The van der Waals surface area contributed by atoms with E-state index < -0.39 is 0 Å². The van der Waals surface area contributed by atoms with Gasteiger partial charge in [-0.2, -0.15) is 0 Å². The largest absolute Gasteiger partial charge is 0.458 e. The summed E-state index contributed by atoms with van der Waals surface area (Å²) in [6, 6.07) is 41.7. The van der Waals surface area contributed by atoms with Gasteiger partial charge in [-0.25, -0.2) is 4.98 Å². The van der Waals surface area contributed by atoms with Crippen molar-refractivity contribution in [2.75, 3.05) is 4.90 Å². The molecule has 0 amide bonds. The molecule has 5 aromatic carbocycles. The van der Waals surface area contributed by atoms with E-state index in [1.807, 2.05) is 48.5 Å². The van der Waals surface area contributed by atoms with Crippen molar-refractivity contribution >= 4 is 63.4 Å². The molecular weight excluding hydrogens is 518 g/mol. The van der Waals surface area contributed by atoms with Crippen LogP contribution in [-0.2, 0) is 0 Å². The summed E-state index contributed by atoms with van der Waals surface area (Å²) in [5.74, 6) is 4.84. The molecule has 0 unspecified atom stereocenters. The van der Waals surface area contributed by atoms with Crippen molar-refractivity contribution in [3.8, 4) is 34.6 Å². The van der Waals surface area contributed by atoms with E-state index in [0.29, 0.717) is 5.88 Å². The molecule has 0 spiro atoms. The van der Waals surface area contributed by atoms with Crippen LogP contribution in [0, 0.1) is 0 Å². The van der Waals surface area contributed by atoms with Gasteiger partial charge in [0.2, 0.25) is 5.88 Å². The molecule has 0 saturated carbocycles. The Kier molecular flexibility index (Phi) is 4.29. The van der Waals surface area contributed by atoms with E-state index in [0.717, 1.165) is 78.7 Å². The molecule has 0 saturated heterocycles. The molecule has 1 aromatic heterocycles. The summed E-state index contributed by atoms with van der Waals surface area (Å²) in [5.41, 5.74) is 9.58. The van der Waals surface area contributed by atoms with Crippen LogP contribution in [0.25, 0.3) is 0 Å². The Hall–Kier alpha value is -5.42. The average Bonchev–Trinajstić information content (AvgIpc) is 3.04. The molecule has 10 rings (SSSR count). The summed E-state index contributed by atoms with van der Waals surface area (Å²) in [5, 5.41) is 0. The lowest BCUT2D eigenvalue weighted by Gasteiger charge is -2.40. The minimum Gasteiger partial charge on any atom is -0.458 e. The minimum absolute atomic E-state index is 0.0602. The van der Waals surface area contributed by atoms with E-state index in [1.165, 1.54) is 0 Å². The minimum atomic E-state index is -0.0975. The summed E-state index contributed by atoms with van der Waals surface area (Å²) in [6.07, 6.45) is 0. The first-order valence-corrected chi connectivity index (χ1v) is 14.2. The number of anilines is 3. The van der Waals surface area contributed by atoms with E-state index in [4.69, 9.17) is 19.2 Å². The second kappa shape index (κ2) is 8.08. The molecule has 4 aliphatic rings. The molecule has 4 aliphatic heterocycles. The average molecular weight is 538 g/mol. The molecule has 5 nitrogen and oxygen atoms in total. The van der Waals surface area contributed by atoms with Crippen LogP contribution in [0.2, 0.25) is 0 Å². The Morgan fingerprint density at radius 2 is 1.07 bits per heavy atom. The second-order valence-electron chi connectivity index (χ2n) is 11.1. The first kappa shape index (κ1) is 22.3. The van der Waals surface area contributed by atoms with Gasteiger partial charge in [0.25, 0.3) is 13.4 Å². The maximum absolute atomic E-state index is 6.62. The summed E-state index contributed by atoms with van der Waals surface area (Å²) < 4.78 is 19.5. The highest BCUT2D eigenvalue weighted by molar-refractivity contribution is 7.00. The Morgan fingerprint density at radius 1 is 0.476 bits per heavy atom. The van der Waals surface area contributed by atoms with Crippen molar-refractivity contribution < 1.29 is 14.2 Å². The monoisotopic (exact) mass is 538 g/mol. The van der Waals surface area contributed by atoms with Crippen LogP contribution in [0.3, 0.4) is 0 Å². The predicted octanol–water partition coefficient (Wildman–Crippen LogP) is 4.21. The van der Waals surface area contributed by atoms with Gasteiger partial charge in [-0.1, -0.05) is 66.7 Å². The lowest BCUT2D eigenvalue weighted by Crippen LogP contribution is -2.63. The van der Waals surface area contributed by atoms with Crippen molar-refractivity contribution in [3.63, 3.8) is 0 Å². The van der Waals surface area contributed by atoms with Gasteiger partial charge in [-0.15, -0.1) is 0 Å². The quantitative estimate of drug-likeness (QED) is 0.293. The fourth-order valence-electron chi connectivity index (χ4n) is 7.16. The Labute approximate surface area is 243 Å². The zero-order valence-corrected chi connectivity index (χ0v) is 22.3. The molecule has 0 aliphatic carbocycles. The highest BCUT2D eigenvalue weighted by atomic mass is 16.5. The van der Waals surface area contributed by atoms with Gasteiger partial charge in [0.05, 0.1) is 5.69 Å². The van der Waals surface area contributed by atoms with Crippen molar-refractivity contribution in [3.05, 3.63) is 121 Å². The maximum Gasteiger partial charge on any atom is 0.279 e. The van der Waals surface area contributed by atoms with E-state index in [-0.39, 0.29) is 13.4 Å². The molecule has 0 radical (unpaired) electrons. The van der Waals surface area contributed by atoms with Crippen molar-refractivity contribution in [2.45, 2.75) is 0 Å². The van der Waals surface area contributed by atoms with E-state index in [9.17, 15) is 0 Å². The Balaban J connectivity index is 1.29. The van der Waals surface area contributed by atoms with Gasteiger partial charge < -0.3 is 19.1 Å². The normalized spacial score (nSPS) is 14.1. The summed E-state index contributed by atoms with van der Waals surface area (Å²) >= 11 is 0. The van der Waals surface area contributed by atoms with Crippen LogP contribution in [0.5, 0.6) is 34.6 Å². The van der Waals surface area contributed by atoms with Gasteiger partial charge in [0.1, 0.15) is 28.7 Å². The number of hydrogen-bond donors (Lipinski definition) is 0. The standard InChI is InChI=1S/C35H20B2N2O3/c1-2-10-21(11-3-1)39-25-14-8-17-29-32(25)37(23-13-5-7-16-28(23)40-29)34-26(39)20-24-35(38-34)42-31-19-9-18-30-33(31)36(24)22-12-4-6-15-27(22)41-30/h1-20H. The smallest absolute Gasteiger partial charge is 0.279 e. The molecular formula is C35H20B2N2O3. The molecule has 0 bridgehead atoms. The van der Waals surface area contributed by atoms with Gasteiger partial charge in [0, 0.05) is 22.4 Å². The molecule has 7 heteroatoms. The van der Waals surface area contributed by atoms with Crippen molar-refractivity contribution in [1.82, 2.24) is 4.98 Å². The van der Waals surface area contributed by atoms with Crippen LogP contribution in [0.15, 0.2) is 121 Å². The number of hydrogen-bond acceptors (Lipinski definition) is 5. The fraction of sp³-hybridized carbons (Fsp3) is 0. The molecule has 6 aromatic rings. The first-order chi connectivity index (χ1) is 20.8. The van der Waals surface area contributed by atoms with Crippen LogP contribution >= 0.6 is 0 Å². The fourth-order valence-corrected chi connectivity index (χ4v) is 7.16. The molecule has 5 heterocycles. The molecule has 0 atom stereocenters. The summed E-state index contributed by atoms with van der Waals surface area (Å²) in [4.78, 5) is 7.74. The number of pyridine rings is 1. The predicted molar refractivity (Wildman–Crippen MR) is 168 cm³/mol. The second-order valence-corrected chi connectivity index (χ2v) is 11.1. The van der Waals surface area contributed by atoms with Gasteiger partial charge >= 0.3 is 0 Å². The van der Waals surface area contributed by atoms with Gasteiger partial charge in [-0.05, 0) is 76.4 Å². The third-order valence-electron chi connectivity index (χ3n) is 8.86. The van der Waals surface area contributed by atoms with Gasteiger partial charge in [-0.3, -0.25) is 0 Å².